The number of hydrogen-bond donors (Lipinski definition) is 0. The van der Waals surface area contributed by atoms with Crippen molar-refractivity contribution >= 4 is 17.1 Å². The zero-order valence-electron chi connectivity index (χ0n) is 17.6. The van der Waals surface area contributed by atoms with Gasteiger partial charge in [0.2, 0.25) is 0 Å². The van der Waals surface area contributed by atoms with Gasteiger partial charge in [-0.1, -0.05) is 36.4 Å². The summed E-state index contributed by atoms with van der Waals surface area (Å²) in [6, 6.07) is 34.5. The predicted octanol–water partition coefficient (Wildman–Crippen LogP) is 6.39. The topological polar surface area (TPSA) is 30.7 Å². The number of aryl methyl sites for hydroxylation is 1. The van der Waals surface area contributed by atoms with Gasteiger partial charge in [-0.2, -0.15) is 0 Å². The first-order valence-electron chi connectivity index (χ1n) is 10.3. The van der Waals surface area contributed by atoms with E-state index in [1.807, 2.05) is 67.6 Å². The number of hydrogen-bond acceptors (Lipinski definition) is 2. The van der Waals surface area contributed by atoms with Gasteiger partial charge in [-0.3, -0.25) is 4.98 Å². The van der Waals surface area contributed by atoms with Crippen LogP contribution in [0, 0.1) is 19.1 Å². The molecule has 5 aromatic rings. The smallest absolute Gasteiger partial charge is 0.0777 e. The number of allylic oxidation sites excluding steroid dienone is 1. The summed E-state index contributed by atoms with van der Waals surface area (Å²) < 4.78 is 2.26. The minimum atomic E-state index is 0. The predicted molar refractivity (Wildman–Crippen MR) is 126 cm³/mol. The van der Waals surface area contributed by atoms with E-state index in [-0.39, 0.29) is 20.1 Å². The van der Waals surface area contributed by atoms with Gasteiger partial charge in [-0.25, -0.2) is 0 Å². The fourth-order valence-corrected chi connectivity index (χ4v) is 3.79. The van der Waals surface area contributed by atoms with Crippen LogP contribution < -0.4 is 0 Å². The van der Waals surface area contributed by atoms with E-state index in [0.717, 1.165) is 40.4 Å². The number of pyridine rings is 1. The van der Waals surface area contributed by atoms with Crippen LogP contribution >= 0.6 is 0 Å². The van der Waals surface area contributed by atoms with Crippen molar-refractivity contribution in [3.63, 3.8) is 0 Å². The molecule has 2 aromatic heterocycles. The molecule has 1 radical (unpaired) electrons. The molecule has 0 fully saturated rings. The van der Waals surface area contributed by atoms with Crippen molar-refractivity contribution in [3.8, 4) is 22.6 Å². The molecule has 1 aliphatic heterocycles. The summed E-state index contributed by atoms with van der Waals surface area (Å²) in [5.74, 6) is 1.00. The molecule has 3 nitrogen and oxygen atoms in total. The van der Waals surface area contributed by atoms with Gasteiger partial charge in [0.15, 0.2) is 0 Å². The molecule has 0 amide bonds. The van der Waals surface area contributed by atoms with Crippen LogP contribution in [0.15, 0.2) is 91.0 Å². The molecule has 0 aliphatic carbocycles. The van der Waals surface area contributed by atoms with Crippen LogP contribution in [-0.4, -0.2) is 14.5 Å². The third kappa shape index (κ3) is 4.47. The maximum absolute atomic E-state index is 4.75. The number of aromatic nitrogens is 3. The molecule has 1 aliphatic rings. The van der Waals surface area contributed by atoms with Gasteiger partial charge < -0.3 is 9.55 Å². The fourth-order valence-electron chi connectivity index (χ4n) is 3.79. The third-order valence-corrected chi connectivity index (χ3v) is 5.21. The summed E-state index contributed by atoms with van der Waals surface area (Å²) in [6.45, 7) is 2.87. The molecular formula is C28H21IrN3-2. The van der Waals surface area contributed by atoms with E-state index in [2.05, 4.69) is 58.1 Å². The molecule has 0 spiro atoms. The summed E-state index contributed by atoms with van der Waals surface area (Å²) in [5, 5.41) is 0. The summed E-state index contributed by atoms with van der Waals surface area (Å²) in [5.41, 5.74) is 7.65. The zero-order chi connectivity index (χ0) is 21.0. The molecule has 3 aromatic carbocycles. The van der Waals surface area contributed by atoms with Crippen LogP contribution in [0.4, 0.5) is 0 Å². The molecule has 0 saturated carbocycles. The number of para-hydroxylation sites is 1. The second-order valence-corrected chi connectivity index (χ2v) is 7.38. The average Bonchev–Trinajstić information content (AvgIpc) is 3.22. The van der Waals surface area contributed by atoms with E-state index in [1.165, 1.54) is 11.1 Å². The molecule has 0 unspecified atom stereocenters. The molecule has 0 atom stereocenters. The first-order valence-corrected chi connectivity index (χ1v) is 10.3. The van der Waals surface area contributed by atoms with E-state index < -0.39 is 0 Å². The first kappa shape index (κ1) is 21.9. The van der Waals surface area contributed by atoms with Crippen molar-refractivity contribution < 1.29 is 20.1 Å². The monoisotopic (exact) mass is 592 g/mol. The van der Waals surface area contributed by atoms with Crippen LogP contribution in [-0.2, 0) is 26.7 Å². The van der Waals surface area contributed by atoms with Crippen LogP contribution in [0.3, 0.4) is 0 Å². The Balaban J connectivity index is 0.000000157. The van der Waals surface area contributed by atoms with Gasteiger partial charge in [-0.05, 0) is 30.3 Å². The minimum absolute atomic E-state index is 0. The van der Waals surface area contributed by atoms with Gasteiger partial charge in [-0.15, -0.1) is 71.8 Å². The standard InChI is InChI=1S/C16H11N2.C12H10N.Ir/c1-2-6-13(7-3-1)16-17-14-10-4-8-12-9-5-11-18(16)15(12)14;1-10-6-5-9-12(13-10)11-7-3-2-4-8-11;/h1-6,8-10H,11H2;2-7,9H,1H3;/q2*-1;. The van der Waals surface area contributed by atoms with E-state index >= 15 is 0 Å². The number of benzene rings is 3. The Hall–Kier alpha value is -3.33. The largest absolute Gasteiger partial charge is 0.360 e. The van der Waals surface area contributed by atoms with Gasteiger partial charge in [0.05, 0.1) is 16.9 Å². The summed E-state index contributed by atoms with van der Waals surface area (Å²) in [6.07, 6.45) is 4.35. The van der Waals surface area contributed by atoms with E-state index in [0.29, 0.717) is 0 Å². The molecule has 159 valence electrons. The van der Waals surface area contributed by atoms with Crippen molar-refractivity contribution in [2.24, 2.45) is 0 Å². The van der Waals surface area contributed by atoms with Gasteiger partial charge in [0.1, 0.15) is 0 Å². The molecule has 4 heteroatoms. The summed E-state index contributed by atoms with van der Waals surface area (Å²) in [4.78, 5) is 9.16. The Kier molecular flexibility index (Phi) is 6.75. The average molecular weight is 592 g/mol. The molecular weight excluding hydrogens is 571 g/mol. The van der Waals surface area contributed by atoms with Crippen molar-refractivity contribution in [2.45, 2.75) is 13.5 Å². The summed E-state index contributed by atoms with van der Waals surface area (Å²) in [7, 11) is 0. The number of nitrogens with zero attached hydrogens (tertiary/aromatic N) is 3. The Morgan fingerprint density at radius 3 is 2.25 bits per heavy atom. The van der Waals surface area contributed by atoms with E-state index in [1.54, 1.807) is 0 Å². The van der Waals surface area contributed by atoms with Gasteiger partial charge in [0.25, 0.3) is 0 Å². The molecule has 0 N–H and O–H groups in total. The van der Waals surface area contributed by atoms with Crippen LogP contribution in [0.2, 0.25) is 0 Å². The van der Waals surface area contributed by atoms with Crippen molar-refractivity contribution in [1.29, 1.82) is 0 Å². The second kappa shape index (κ2) is 9.86. The Labute approximate surface area is 201 Å². The van der Waals surface area contributed by atoms with Crippen LogP contribution in [0.1, 0.15) is 11.3 Å². The normalized spacial score (nSPS) is 11.4. The van der Waals surface area contributed by atoms with E-state index in [4.69, 9.17) is 4.98 Å². The maximum Gasteiger partial charge on any atom is 0.0777 e. The van der Waals surface area contributed by atoms with Crippen molar-refractivity contribution in [2.75, 3.05) is 0 Å². The quantitative estimate of drug-likeness (QED) is 0.223. The maximum atomic E-state index is 4.75. The van der Waals surface area contributed by atoms with Gasteiger partial charge >= 0.3 is 0 Å². The number of imidazole rings is 1. The fraction of sp³-hybridized carbons (Fsp3) is 0.0714. The molecule has 6 rings (SSSR count). The molecule has 0 saturated heterocycles. The minimum Gasteiger partial charge on any atom is -0.360 e. The summed E-state index contributed by atoms with van der Waals surface area (Å²) >= 11 is 0. The van der Waals surface area contributed by atoms with Crippen molar-refractivity contribution in [1.82, 2.24) is 14.5 Å². The third-order valence-electron chi connectivity index (χ3n) is 5.21. The van der Waals surface area contributed by atoms with Crippen molar-refractivity contribution in [3.05, 3.63) is 114 Å². The Morgan fingerprint density at radius 2 is 1.53 bits per heavy atom. The Morgan fingerprint density at radius 1 is 0.781 bits per heavy atom. The Bertz CT molecular complexity index is 1360. The molecule has 32 heavy (non-hydrogen) atoms. The van der Waals surface area contributed by atoms with Crippen LogP contribution in [0.5, 0.6) is 0 Å². The molecule has 3 heterocycles. The van der Waals surface area contributed by atoms with E-state index in [9.17, 15) is 0 Å². The first-order chi connectivity index (χ1) is 15.3. The SMILES string of the molecule is Cc1cccc(-c2[c-]cccc2)n1.[Ir].[c-]1ccccc1-c1nc2cccc3c2n1CC=C3. The number of rotatable bonds is 2. The second-order valence-electron chi connectivity index (χ2n) is 7.38. The van der Waals surface area contributed by atoms with Crippen LogP contribution in [0.25, 0.3) is 39.8 Å². The molecule has 0 bridgehead atoms. The van der Waals surface area contributed by atoms with Gasteiger partial charge in [0, 0.05) is 32.3 Å². The zero-order valence-corrected chi connectivity index (χ0v) is 20.0.